The topological polar surface area (TPSA) is 93.4 Å². The van der Waals surface area contributed by atoms with Crippen molar-refractivity contribution in [3.05, 3.63) is 65.7 Å². The van der Waals surface area contributed by atoms with Gasteiger partial charge in [0.2, 0.25) is 0 Å². The second-order valence-corrected chi connectivity index (χ2v) is 5.98. The summed E-state index contributed by atoms with van der Waals surface area (Å²) in [5.41, 5.74) is 7.15. The van der Waals surface area contributed by atoms with E-state index in [-0.39, 0.29) is 18.6 Å². The molecular weight excluding hydrogens is 330 g/mol. The maximum atomic E-state index is 12.1. The van der Waals surface area contributed by atoms with Crippen molar-refractivity contribution in [1.82, 2.24) is 10.6 Å². The summed E-state index contributed by atoms with van der Waals surface area (Å²) in [6, 6.07) is 17.1. The van der Waals surface area contributed by atoms with Crippen molar-refractivity contribution in [2.45, 2.75) is 25.8 Å². The Morgan fingerprint density at radius 3 is 2.54 bits per heavy atom. The first-order valence-electron chi connectivity index (χ1n) is 8.65. The molecule has 0 heterocycles. The molecule has 2 rings (SSSR count). The van der Waals surface area contributed by atoms with Crippen LogP contribution in [0.4, 0.5) is 4.79 Å². The minimum absolute atomic E-state index is 0.171. The van der Waals surface area contributed by atoms with Crippen molar-refractivity contribution in [2.75, 3.05) is 13.2 Å². The van der Waals surface area contributed by atoms with Gasteiger partial charge in [0.05, 0.1) is 0 Å². The zero-order valence-corrected chi connectivity index (χ0v) is 14.9. The molecule has 0 spiro atoms. The molecule has 1 atom stereocenters. The van der Waals surface area contributed by atoms with Crippen LogP contribution in [-0.4, -0.2) is 25.1 Å². The molecule has 0 aromatic heterocycles. The summed E-state index contributed by atoms with van der Waals surface area (Å²) in [4.78, 5) is 22.8. The van der Waals surface area contributed by atoms with Gasteiger partial charge in [0.1, 0.15) is 5.75 Å². The molecule has 0 bridgehead atoms. The first-order valence-corrected chi connectivity index (χ1v) is 8.65. The van der Waals surface area contributed by atoms with Crippen LogP contribution >= 0.6 is 0 Å². The third-order valence-corrected chi connectivity index (χ3v) is 4.01. The van der Waals surface area contributed by atoms with Crippen LogP contribution in [0.3, 0.4) is 0 Å². The number of hydrogen-bond donors (Lipinski definition) is 3. The van der Waals surface area contributed by atoms with Gasteiger partial charge in [-0.2, -0.15) is 0 Å². The molecule has 0 aliphatic carbocycles. The smallest absolute Gasteiger partial charge is 0.315 e. The quantitative estimate of drug-likeness (QED) is 0.645. The molecular formula is C20H25N3O3. The summed E-state index contributed by atoms with van der Waals surface area (Å²) < 4.78 is 5.25. The van der Waals surface area contributed by atoms with Gasteiger partial charge in [-0.15, -0.1) is 0 Å². The molecule has 26 heavy (non-hydrogen) atoms. The Morgan fingerprint density at radius 1 is 1.08 bits per heavy atom. The summed E-state index contributed by atoms with van der Waals surface area (Å²) in [7, 11) is 0. The molecule has 4 N–H and O–H groups in total. The van der Waals surface area contributed by atoms with Gasteiger partial charge in [0.15, 0.2) is 6.61 Å². The van der Waals surface area contributed by atoms with Gasteiger partial charge in [-0.1, -0.05) is 49.4 Å². The highest BCUT2D eigenvalue weighted by atomic mass is 16.5. The Hall–Kier alpha value is -3.02. The molecule has 0 radical (unpaired) electrons. The molecule has 0 fully saturated rings. The maximum absolute atomic E-state index is 12.1. The van der Waals surface area contributed by atoms with Crippen LogP contribution < -0.4 is 21.1 Å². The first kappa shape index (κ1) is 19.3. The second kappa shape index (κ2) is 10.1. The number of carbonyl (C=O) groups is 2. The zero-order chi connectivity index (χ0) is 18.8. The highest BCUT2D eigenvalue weighted by Crippen LogP contribution is 2.18. The molecule has 2 aromatic carbocycles. The molecule has 0 saturated carbocycles. The SMILES string of the molecule is CCC(CNC(=O)NCc1cccc(OCC(N)=O)c1)c1ccccc1. The fourth-order valence-electron chi connectivity index (χ4n) is 2.58. The van der Waals surface area contributed by atoms with Crippen LogP contribution in [0.5, 0.6) is 5.75 Å². The monoisotopic (exact) mass is 355 g/mol. The normalized spacial score (nSPS) is 11.4. The fraction of sp³-hybridized carbons (Fsp3) is 0.300. The van der Waals surface area contributed by atoms with Crippen molar-refractivity contribution < 1.29 is 14.3 Å². The number of hydrogen-bond acceptors (Lipinski definition) is 3. The average Bonchev–Trinajstić information content (AvgIpc) is 2.66. The van der Waals surface area contributed by atoms with Crippen molar-refractivity contribution in [3.8, 4) is 5.75 Å². The Labute approximate surface area is 153 Å². The summed E-state index contributed by atoms with van der Waals surface area (Å²) >= 11 is 0. The Kier molecular flexibility index (Phi) is 7.49. The zero-order valence-electron chi connectivity index (χ0n) is 14.9. The van der Waals surface area contributed by atoms with E-state index in [9.17, 15) is 9.59 Å². The molecule has 0 saturated heterocycles. The first-order chi connectivity index (χ1) is 12.6. The van der Waals surface area contributed by atoms with Crippen LogP contribution in [0.25, 0.3) is 0 Å². The Morgan fingerprint density at radius 2 is 1.85 bits per heavy atom. The third-order valence-electron chi connectivity index (χ3n) is 4.01. The average molecular weight is 355 g/mol. The molecule has 1 unspecified atom stereocenters. The standard InChI is InChI=1S/C20H25N3O3/c1-2-16(17-8-4-3-5-9-17)13-23-20(25)22-12-15-7-6-10-18(11-15)26-14-19(21)24/h3-11,16H,2,12-14H2,1H3,(H2,21,24)(H2,22,23,25). The lowest BCUT2D eigenvalue weighted by Gasteiger charge is -2.16. The molecule has 0 aliphatic rings. The number of carbonyl (C=O) groups excluding carboxylic acids is 2. The van der Waals surface area contributed by atoms with Crippen LogP contribution in [-0.2, 0) is 11.3 Å². The van der Waals surface area contributed by atoms with Gasteiger partial charge in [0.25, 0.3) is 5.91 Å². The number of ether oxygens (including phenoxy) is 1. The number of urea groups is 1. The summed E-state index contributed by atoms with van der Waals surface area (Å²) in [5, 5.41) is 5.74. The van der Waals surface area contributed by atoms with E-state index < -0.39 is 5.91 Å². The minimum Gasteiger partial charge on any atom is -0.484 e. The molecule has 2 aromatic rings. The van der Waals surface area contributed by atoms with Gasteiger partial charge in [-0.05, 0) is 29.7 Å². The Balaban J connectivity index is 1.79. The molecule has 6 nitrogen and oxygen atoms in total. The highest BCUT2D eigenvalue weighted by molar-refractivity contribution is 5.75. The van der Waals surface area contributed by atoms with Crippen molar-refractivity contribution in [1.29, 1.82) is 0 Å². The van der Waals surface area contributed by atoms with E-state index in [0.717, 1.165) is 12.0 Å². The van der Waals surface area contributed by atoms with E-state index in [1.807, 2.05) is 24.3 Å². The van der Waals surface area contributed by atoms with E-state index in [1.165, 1.54) is 5.56 Å². The van der Waals surface area contributed by atoms with Crippen LogP contribution in [0.2, 0.25) is 0 Å². The molecule has 6 heteroatoms. The van der Waals surface area contributed by atoms with E-state index in [4.69, 9.17) is 10.5 Å². The van der Waals surface area contributed by atoms with Crippen molar-refractivity contribution in [3.63, 3.8) is 0 Å². The predicted octanol–water partition coefficient (Wildman–Crippen LogP) is 2.54. The molecule has 0 aliphatic heterocycles. The van der Waals surface area contributed by atoms with Gasteiger partial charge in [0, 0.05) is 19.0 Å². The molecule has 3 amide bonds. The summed E-state index contributed by atoms with van der Waals surface area (Å²) in [5.74, 6) is 0.294. The number of amides is 3. The van der Waals surface area contributed by atoms with Crippen LogP contribution in [0.1, 0.15) is 30.4 Å². The van der Waals surface area contributed by atoms with E-state index in [1.54, 1.807) is 18.2 Å². The fourth-order valence-corrected chi connectivity index (χ4v) is 2.58. The summed E-state index contributed by atoms with van der Waals surface area (Å²) in [6.07, 6.45) is 0.948. The number of benzene rings is 2. The number of rotatable bonds is 9. The van der Waals surface area contributed by atoms with Gasteiger partial charge in [-0.3, -0.25) is 4.79 Å². The van der Waals surface area contributed by atoms with Crippen LogP contribution in [0.15, 0.2) is 54.6 Å². The van der Waals surface area contributed by atoms with E-state index in [0.29, 0.717) is 18.8 Å². The van der Waals surface area contributed by atoms with Gasteiger partial charge >= 0.3 is 6.03 Å². The Bertz CT molecular complexity index is 719. The van der Waals surface area contributed by atoms with Gasteiger partial charge in [-0.25, -0.2) is 4.79 Å². The minimum atomic E-state index is -0.531. The van der Waals surface area contributed by atoms with Crippen LogP contribution in [0, 0.1) is 0 Å². The maximum Gasteiger partial charge on any atom is 0.315 e. The highest BCUT2D eigenvalue weighted by Gasteiger charge is 2.10. The number of nitrogens with two attached hydrogens (primary N) is 1. The predicted molar refractivity (Wildman–Crippen MR) is 101 cm³/mol. The lowest BCUT2D eigenvalue weighted by molar-refractivity contribution is -0.119. The van der Waals surface area contributed by atoms with Gasteiger partial charge < -0.3 is 21.1 Å². The second-order valence-electron chi connectivity index (χ2n) is 5.98. The van der Waals surface area contributed by atoms with E-state index in [2.05, 4.69) is 29.7 Å². The third kappa shape index (κ3) is 6.47. The van der Waals surface area contributed by atoms with Crippen molar-refractivity contribution in [2.24, 2.45) is 5.73 Å². The lowest BCUT2D eigenvalue weighted by atomic mass is 9.97. The lowest BCUT2D eigenvalue weighted by Crippen LogP contribution is -2.37. The van der Waals surface area contributed by atoms with E-state index >= 15 is 0 Å². The molecule has 138 valence electrons. The largest absolute Gasteiger partial charge is 0.484 e. The summed E-state index contributed by atoms with van der Waals surface area (Å²) in [6.45, 7) is 2.87. The number of nitrogens with one attached hydrogen (secondary N) is 2. The van der Waals surface area contributed by atoms with Crippen molar-refractivity contribution >= 4 is 11.9 Å². The number of primary amides is 1.